The van der Waals surface area contributed by atoms with Crippen LogP contribution in [0.4, 0.5) is 0 Å². The molecule has 0 aliphatic rings. The van der Waals surface area contributed by atoms with E-state index in [0.717, 1.165) is 103 Å². The van der Waals surface area contributed by atoms with Crippen LogP contribution in [0.2, 0.25) is 0 Å². The Kier molecular flexibility index (Phi) is 62.7. The molecule has 0 saturated heterocycles. The first-order chi connectivity index (χ1) is 38.5. The highest BCUT2D eigenvalue weighted by Gasteiger charge is 2.19. The number of hydrogen-bond acceptors (Lipinski definition) is 6. The predicted molar refractivity (Wildman–Crippen MR) is 339 cm³/mol. The number of esters is 3. The molecule has 0 aromatic carbocycles. The largest absolute Gasteiger partial charge is 0.462 e. The number of carbonyl (C=O) groups excluding carboxylic acids is 3. The van der Waals surface area contributed by atoms with E-state index in [9.17, 15) is 14.4 Å². The summed E-state index contributed by atoms with van der Waals surface area (Å²) in [6.07, 6.45) is 88.5. The van der Waals surface area contributed by atoms with E-state index in [4.69, 9.17) is 14.2 Å². The SMILES string of the molecule is CC/C=C\C/C=C\C/C=C\C/C=C\CCCCC(=O)OCC(COC(=O)CCCCCCCCCCCCCCCCC/C=C\C/C=C\CCCCCCC)OC(=O)CCCCCCCCC/C=C\C/C=C\CCCCCC. The Morgan fingerprint density at radius 1 is 0.269 bits per heavy atom. The van der Waals surface area contributed by atoms with Crippen molar-refractivity contribution in [2.45, 2.75) is 329 Å². The van der Waals surface area contributed by atoms with Crippen LogP contribution in [0.5, 0.6) is 0 Å². The lowest BCUT2D eigenvalue weighted by atomic mass is 10.0. The van der Waals surface area contributed by atoms with Crippen LogP contribution in [0, 0.1) is 0 Å². The molecule has 0 aromatic heterocycles. The lowest BCUT2D eigenvalue weighted by Crippen LogP contribution is -2.30. The summed E-state index contributed by atoms with van der Waals surface area (Å²) in [5, 5.41) is 0. The van der Waals surface area contributed by atoms with E-state index < -0.39 is 6.10 Å². The maximum atomic E-state index is 12.9. The minimum atomic E-state index is -0.801. The van der Waals surface area contributed by atoms with Crippen LogP contribution < -0.4 is 0 Å². The Balaban J connectivity index is 4.33. The molecule has 0 aliphatic heterocycles. The third-order valence-electron chi connectivity index (χ3n) is 14.3. The molecule has 78 heavy (non-hydrogen) atoms. The van der Waals surface area contributed by atoms with E-state index in [1.807, 2.05) is 0 Å². The molecule has 0 fully saturated rings. The van der Waals surface area contributed by atoms with Gasteiger partial charge in [-0.05, 0) is 122 Å². The van der Waals surface area contributed by atoms with E-state index in [0.29, 0.717) is 19.3 Å². The summed E-state index contributed by atoms with van der Waals surface area (Å²) in [4.78, 5) is 38.3. The van der Waals surface area contributed by atoms with Gasteiger partial charge in [0.15, 0.2) is 6.10 Å². The van der Waals surface area contributed by atoms with Crippen molar-refractivity contribution in [3.8, 4) is 0 Å². The van der Waals surface area contributed by atoms with Crippen LogP contribution in [0.1, 0.15) is 323 Å². The topological polar surface area (TPSA) is 78.9 Å². The quantitative estimate of drug-likeness (QED) is 0.0261. The Morgan fingerprint density at radius 2 is 0.500 bits per heavy atom. The molecular weight excluding hydrogens is 961 g/mol. The number of ether oxygens (including phenoxy) is 3. The second-order valence-electron chi connectivity index (χ2n) is 22.0. The van der Waals surface area contributed by atoms with Crippen LogP contribution in [-0.2, 0) is 28.6 Å². The van der Waals surface area contributed by atoms with Gasteiger partial charge in [-0.25, -0.2) is 0 Å². The van der Waals surface area contributed by atoms with Gasteiger partial charge in [0.25, 0.3) is 0 Å². The molecule has 0 spiro atoms. The lowest BCUT2D eigenvalue weighted by molar-refractivity contribution is -0.167. The van der Waals surface area contributed by atoms with Crippen molar-refractivity contribution in [1.29, 1.82) is 0 Å². The number of carbonyl (C=O) groups is 3. The highest BCUT2D eigenvalue weighted by molar-refractivity contribution is 5.71. The van der Waals surface area contributed by atoms with Gasteiger partial charge in [-0.2, -0.15) is 0 Å². The van der Waals surface area contributed by atoms with Gasteiger partial charge >= 0.3 is 17.9 Å². The van der Waals surface area contributed by atoms with E-state index in [1.54, 1.807) is 0 Å². The average molecular weight is 1090 g/mol. The monoisotopic (exact) mass is 1080 g/mol. The molecule has 1 atom stereocenters. The van der Waals surface area contributed by atoms with Gasteiger partial charge in [0.1, 0.15) is 13.2 Å². The van der Waals surface area contributed by atoms with Crippen LogP contribution in [0.3, 0.4) is 0 Å². The highest BCUT2D eigenvalue weighted by Crippen LogP contribution is 2.16. The number of unbranched alkanes of at least 4 members (excludes halogenated alkanes) is 33. The molecule has 0 aliphatic carbocycles. The zero-order valence-electron chi connectivity index (χ0n) is 51.4. The van der Waals surface area contributed by atoms with E-state index >= 15 is 0 Å². The Hall–Kier alpha value is -3.67. The van der Waals surface area contributed by atoms with E-state index in [2.05, 4.69) is 118 Å². The Bertz CT molecular complexity index is 1530. The van der Waals surface area contributed by atoms with Crippen molar-refractivity contribution < 1.29 is 28.6 Å². The zero-order valence-corrected chi connectivity index (χ0v) is 51.4. The van der Waals surface area contributed by atoms with E-state index in [1.165, 1.54) is 180 Å². The van der Waals surface area contributed by atoms with Crippen molar-refractivity contribution in [2.24, 2.45) is 0 Å². The maximum absolute atomic E-state index is 12.9. The number of hydrogen-bond donors (Lipinski definition) is 0. The first kappa shape index (κ1) is 74.3. The van der Waals surface area contributed by atoms with E-state index in [-0.39, 0.29) is 31.1 Å². The highest BCUT2D eigenvalue weighted by atomic mass is 16.6. The minimum Gasteiger partial charge on any atom is -0.462 e. The molecule has 6 nitrogen and oxygen atoms in total. The van der Waals surface area contributed by atoms with Crippen molar-refractivity contribution in [2.75, 3.05) is 13.2 Å². The fourth-order valence-corrected chi connectivity index (χ4v) is 9.32. The molecule has 0 saturated carbocycles. The molecular formula is C72H124O6. The van der Waals surface area contributed by atoms with Crippen LogP contribution in [0.15, 0.2) is 97.2 Å². The van der Waals surface area contributed by atoms with Crippen molar-refractivity contribution in [1.82, 2.24) is 0 Å². The molecule has 0 heterocycles. The molecule has 0 rings (SSSR count). The van der Waals surface area contributed by atoms with Gasteiger partial charge in [-0.1, -0.05) is 279 Å². The van der Waals surface area contributed by atoms with Crippen LogP contribution >= 0.6 is 0 Å². The van der Waals surface area contributed by atoms with Gasteiger partial charge in [0, 0.05) is 19.3 Å². The van der Waals surface area contributed by atoms with Crippen molar-refractivity contribution in [3.63, 3.8) is 0 Å². The summed E-state index contributed by atoms with van der Waals surface area (Å²) in [5.74, 6) is -0.933. The Morgan fingerprint density at radius 3 is 0.821 bits per heavy atom. The summed E-state index contributed by atoms with van der Waals surface area (Å²) in [6, 6.07) is 0. The average Bonchev–Trinajstić information content (AvgIpc) is 3.44. The van der Waals surface area contributed by atoms with Crippen LogP contribution in [-0.4, -0.2) is 37.2 Å². The maximum Gasteiger partial charge on any atom is 0.306 e. The number of rotatable bonds is 60. The molecule has 0 radical (unpaired) electrons. The predicted octanol–water partition coefficient (Wildman–Crippen LogP) is 22.8. The van der Waals surface area contributed by atoms with Gasteiger partial charge in [0.05, 0.1) is 0 Å². The second-order valence-corrected chi connectivity index (χ2v) is 22.0. The molecule has 0 bridgehead atoms. The smallest absolute Gasteiger partial charge is 0.306 e. The second kappa shape index (κ2) is 65.8. The molecule has 1 unspecified atom stereocenters. The third-order valence-corrected chi connectivity index (χ3v) is 14.3. The molecule has 0 amide bonds. The lowest BCUT2D eigenvalue weighted by Gasteiger charge is -2.18. The minimum absolute atomic E-state index is 0.0929. The summed E-state index contributed by atoms with van der Waals surface area (Å²) in [6.45, 7) is 6.49. The molecule has 6 heteroatoms. The first-order valence-corrected chi connectivity index (χ1v) is 33.2. The molecule has 448 valence electrons. The fourth-order valence-electron chi connectivity index (χ4n) is 9.32. The third kappa shape index (κ3) is 63.2. The van der Waals surface area contributed by atoms with Crippen molar-refractivity contribution >= 4 is 17.9 Å². The molecule has 0 N–H and O–H groups in total. The van der Waals surface area contributed by atoms with Gasteiger partial charge < -0.3 is 14.2 Å². The fraction of sp³-hybridized carbons (Fsp3) is 0.736. The van der Waals surface area contributed by atoms with Gasteiger partial charge in [0.2, 0.25) is 0 Å². The van der Waals surface area contributed by atoms with Gasteiger partial charge in [-0.3, -0.25) is 14.4 Å². The summed E-state index contributed by atoms with van der Waals surface area (Å²) < 4.78 is 16.9. The van der Waals surface area contributed by atoms with Crippen LogP contribution in [0.25, 0.3) is 0 Å². The Labute approximate surface area is 483 Å². The standard InChI is InChI=1S/C72H124O6/c1-4-7-10-13-16-19-22-25-28-30-32-33-34-35-36-37-38-39-40-42-44-47-50-53-56-59-62-65-71(74)77-68-69(67-76-70(73)64-61-58-55-52-49-46-43-27-24-21-18-15-12-9-6-3)78-72(75)66-63-60-57-54-51-48-45-41-31-29-26-23-20-17-14-11-8-5-2/h9,12,18,20-23,25,27,29-32,43,49,52,69H,4-8,10-11,13-17,19,24,26,28,33-42,44-48,50-51,53-68H2,1-3H3/b12-9-,21-18-,23-20-,25-22-,31-29-,32-30-,43-27-,52-49-. The summed E-state index contributed by atoms with van der Waals surface area (Å²) in [5.41, 5.74) is 0. The van der Waals surface area contributed by atoms with Crippen molar-refractivity contribution in [3.05, 3.63) is 97.2 Å². The zero-order chi connectivity index (χ0) is 56.4. The van der Waals surface area contributed by atoms with Gasteiger partial charge in [-0.15, -0.1) is 0 Å². The first-order valence-electron chi connectivity index (χ1n) is 33.2. The number of allylic oxidation sites excluding steroid dienone is 16. The summed E-state index contributed by atoms with van der Waals surface area (Å²) in [7, 11) is 0. The molecule has 0 aromatic rings. The normalized spacial score (nSPS) is 12.7. The summed E-state index contributed by atoms with van der Waals surface area (Å²) >= 11 is 0.